The molecule has 0 saturated heterocycles. The van der Waals surface area contributed by atoms with Gasteiger partial charge in [0, 0.05) is 10.0 Å². The molecule has 8 heteroatoms. The fraction of sp³-hybridized carbons (Fsp3) is 0. The molecule has 1 aromatic carbocycles. The van der Waals surface area contributed by atoms with Crippen LogP contribution in [0.3, 0.4) is 0 Å². The number of aromatic amines is 1. The van der Waals surface area contributed by atoms with Gasteiger partial charge in [-0.2, -0.15) is 14.9 Å². The first-order valence-corrected chi connectivity index (χ1v) is 7.97. The molecular weight excluding hydrogens is 372 g/mol. The number of hydrogen-bond donors (Lipinski definition) is 2. The molecule has 0 spiro atoms. The number of nitrogens with one attached hydrogen (secondary N) is 1. The van der Waals surface area contributed by atoms with Crippen LogP contribution in [-0.2, 0) is 0 Å². The third-order valence-corrected chi connectivity index (χ3v) is 4.32. The Balaban J connectivity index is 2.02. The van der Waals surface area contributed by atoms with E-state index in [1.807, 2.05) is 17.5 Å². The van der Waals surface area contributed by atoms with Gasteiger partial charge in [0.25, 0.3) is 0 Å². The molecule has 0 saturated carbocycles. The second kappa shape index (κ2) is 5.92. The van der Waals surface area contributed by atoms with E-state index in [2.05, 4.69) is 31.2 Å². The molecule has 106 valence electrons. The van der Waals surface area contributed by atoms with Crippen LogP contribution in [0.25, 0.3) is 10.7 Å². The van der Waals surface area contributed by atoms with Crippen molar-refractivity contribution in [3.8, 4) is 16.5 Å². The number of benzene rings is 1. The van der Waals surface area contributed by atoms with E-state index in [-0.39, 0.29) is 5.75 Å². The van der Waals surface area contributed by atoms with Crippen LogP contribution in [-0.4, -0.2) is 26.2 Å². The number of halogens is 1. The molecule has 2 heterocycles. The fourth-order valence-electron chi connectivity index (χ4n) is 1.71. The summed E-state index contributed by atoms with van der Waals surface area (Å²) in [6.45, 7) is 0. The van der Waals surface area contributed by atoms with E-state index in [1.54, 1.807) is 35.8 Å². The molecular formula is C13H9BrN4OS2. The van der Waals surface area contributed by atoms with Gasteiger partial charge in [-0.25, -0.2) is 5.10 Å². The number of nitrogens with zero attached hydrogens (tertiary/aromatic N) is 3. The molecule has 0 aliphatic rings. The van der Waals surface area contributed by atoms with E-state index in [0.717, 1.165) is 9.35 Å². The predicted molar refractivity (Wildman–Crippen MR) is 89.5 cm³/mol. The van der Waals surface area contributed by atoms with Crippen LogP contribution < -0.4 is 0 Å². The Morgan fingerprint density at radius 2 is 2.29 bits per heavy atom. The molecule has 0 aliphatic heterocycles. The highest BCUT2D eigenvalue weighted by molar-refractivity contribution is 9.10. The SMILES string of the molecule is Oc1ccc(Br)cc1/C=N/n1c(-c2cccs2)n[nH]c1=S. The Bertz CT molecular complexity index is 851. The molecule has 3 aromatic rings. The second-order valence-electron chi connectivity index (χ2n) is 4.09. The van der Waals surface area contributed by atoms with Gasteiger partial charge in [-0.05, 0) is 41.9 Å². The zero-order valence-corrected chi connectivity index (χ0v) is 13.7. The number of H-pyrrole nitrogens is 1. The molecule has 0 aliphatic carbocycles. The number of rotatable bonds is 3. The smallest absolute Gasteiger partial charge is 0.216 e. The van der Waals surface area contributed by atoms with E-state index in [4.69, 9.17) is 12.2 Å². The quantitative estimate of drug-likeness (QED) is 0.532. The maximum Gasteiger partial charge on any atom is 0.216 e. The van der Waals surface area contributed by atoms with Gasteiger partial charge in [-0.15, -0.1) is 11.3 Å². The lowest BCUT2D eigenvalue weighted by molar-refractivity contribution is 0.474. The molecule has 21 heavy (non-hydrogen) atoms. The van der Waals surface area contributed by atoms with Gasteiger partial charge in [0.2, 0.25) is 4.77 Å². The van der Waals surface area contributed by atoms with E-state index >= 15 is 0 Å². The Hall–Kier alpha value is -1.77. The first-order chi connectivity index (χ1) is 10.1. The van der Waals surface area contributed by atoms with Crippen molar-refractivity contribution >= 4 is 45.7 Å². The minimum atomic E-state index is 0.148. The van der Waals surface area contributed by atoms with Crippen LogP contribution in [0.2, 0.25) is 0 Å². The van der Waals surface area contributed by atoms with Crippen molar-refractivity contribution in [2.24, 2.45) is 5.10 Å². The Labute approximate surface area is 137 Å². The number of aromatic hydroxyl groups is 1. The average Bonchev–Trinajstić information content (AvgIpc) is 3.09. The first kappa shape index (κ1) is 14.2. The summed E-state index contributed by atoms with van der Waals surface area (Å²) >= 11 is 10.1. The molecule has 0 unspecified atom stereocenters. The molecule has 2 aromatic heterocycles. The minimum Gasteiger partial charge on any atom is -0.507 e. The van der Waals surface area contributed by atoms with Crippen LogP contribution in [0.5, 0.6) is 5.75 Å². The van der Waals surface area contributed by atoms with Gasteiger partial charge in [0.05, 0.1) is 11.1 Å². The topological polar surface area (TPSA) is 66.2 Å². The van der Waals surface area contributed by atoms with Crippen LogP contribution >= 0.6 is 39.5 Å². The van der Waals surface area contributed by atoms with Gasteiger partial charge < -0.3 is 5.11 Å². The van der Waals surface area contributed by atoms with E-state index in [1.165, 1.54) is 4.68 Å². The van der Waals surface area contributed by atoms with Crippen molar-refractivity contribution < 1.29 is 5.11 Å². The summed E-state index contributed by atoms with van der Waals surface area (Å²) in [5, 5.41) is 23.0. The molecule has 2 N–H and O–H groups in total. The molecule has 0 bridgehead atoms. The van der Waals surface area contributed by atoms with Crippen molar-refractivity contribution in [3.05, 3.63) is 50.5 Å². The highest BCUT2D eigenvalue weighted by atomic mass is 79.9. The minimum absolute atomic E-state index is 0.148. The Morgan fingerprint density at radius 3 is 3.05 bits per heavy atom. The van der Waals surface area contributed by atoms with Crippen molar-refractivity contribution in [3.63, 3.8) is 0 Å². The van der Waals surface area contributed by atoms with E-state index in [9.17, 15) is 5.11 Å². The maximum atomic E-state index is 9.82. The normalized spacial score (nSPS) is 11.3. The van der Waals surface area contributed by atoms with Crippen molar-refractivity contribution in [2.75, 3.05) is 0 Å². The summed E-state index contributed by atoms with van der Waals surface area (Å²) in [4.78, 5) is 0.956. The summed E-state index contributed by atoms with van der Waals surface area (Å²) in [6, 6.07) is 9.00. The van der Waals surface area contributed by atoms with E-state index in [0.29, 0.717) is 16.2 Å². The third-order valence-electron chi connectivity index (χ3n) is 2.69. The second-order valence-corrected chi connectivity index (χ2v) is 6.34. The standard InChI is InChI=1S/C13H9BrN4OS2/c14-9-3-4-10(19)8(6-9)7-15-18-12(16-17-13(18)20)11-2-1-5-21-11/h1-7,19H,(H,17,20)/b15-7+. The Kier molecular flexibility index (Phi) is 4.00. The average molecular weight is 381 g/mol. The van der Waals surface area contributed by atoms with E-state index < -0.39 is 0 Å². The highest BCUT2D eigenvalue weighted by Gasteiger charge is 2.09. The number of hydrogen-bond acceptors (Lipinski definition) is 5. The molecule has 0 fully saturated rings. The van der Waals surface area contributed by atoms with Gasteiger partial charge >= 0.3 is 0 Å². The first-order valence-electron chi connectivity index (χ1n) is 5.89. The van der Waals surface area contributed by atoms with Crippen LogP contribution in [0.1, 0.15) is 5.56 Å². The summed E-state index contributed by atoms with van der Waals surface area (Å²) in [6.07, 6.45) is 1.54. The molecule has 5 nitrogen and oxygen atoms in total. The largest absolute Gasteiger partial charge is 0.507 e. The number of phenols is 1. The summed E-state index contributed by atoms with van der Waals surface area (Å²) in [7, 11) is 0. The van der Waals surface area contributed by atoms with Crippen LogP contribution in [0.4, 0.5) is 0 Å². The van der Waals surface area contributed by atoms with Crippen LogP contribution in [0.15, 0.2) is 45.3 Å². The van der Waals surface area contributed by atoms with Crippen molar-refractivity contribution in [1.82, 2.24) is 14.9 Å². The van der Waals surface area contributed by atoms with Gasteiger partial charge in [0.1, 0.15) is 5.75 Å². The predicted octanol–water partition coefficient (Wildman–Crippen LogP) is 4.02. The lowest BCUT2D eigenvalue weighted by Crippen LogP contribution is -1.94. The number of aromatic nitrogens is 3. The zero-order valence-electron chi connectivity index (χ0n) is 10.5. The summed E-state index contributed by atoms with van der Waals surface area (Å²) in [5.41, 5.74) is 0.588. The fourth-order valence-corrected chi connectivity index (χ4v) is 2.97. The number of phenolic OH excluding ortho intramolecular Hbond substituents is 1. The zero-order chi connectivity index (χ0) is 14.8. The van der Waals surface area contributed by atoms with Crippen molar-refractivity contribution in [2.45, 2.75) is 0 Å². The summed E-state index contributed by atoms with van der Waals surface area (Å²) < 4.78 is 2.78. The van der Waals surface area contributed by atoms with Gasteiger partial charge in [-0.1, -0.05) is 22.0 Å². The van der Waals surface area contributed by atoms with Crippen molar-refractivity contribution in [1.29, 1.82) is 0 Å². The molecule has 0 amide bonds. The lowest BCUT2D eigenvalue weighted by atomic mass is 10.2. The molecule has 0 radical (unpaired) electrons. The lowest BCUT2D eigenvalue weighted by Gasteiger charge is -2.00. The molecule has 3 rings (SSSR count). The maximum absolute atomic E-state index is 9.82. The summed E-state index contributed by atoms with van der Waals surface area (Å²) in [5.74, 6) is 0.787. The third kappa shape index (κ3) is 2.97. The Morgan fingerprint density at radius 1 is 1.43 bits per heavy atom. The highest BCUT2D eigenvalue weighted by Crippen LogP contribution is 2.23. The van der Waals surface area contributed by atoms with Crippen LogP contribution in [0, 0.1) is 4.77 Å². The molecule has 0 atom stereocenters. The van der Waals surface area contributed by atoms with Gasteiger partial charge in [0.15, 0.2) is 5.82 Å². The van der Waals surface area contributed by atoms with Gasteiger partial charge in [-0.3, -0.25) is 0 Å². The monoisotopic (exact) mass is 380 g/mol. The number of thiophene rings is 1.